The van der Waals surface area contributed by atoms with Gasteiger partial charge in [0.15, 0.2) is 28.6 Å². The lowest BCUT2D eigenvalue weighted by Gasteiger charge is -2.63. The Labute approximate surface area is 185 Å². The SMILES string of the molecule is CC1(C)O[C@@H]2C[C@H]3[C@@H]4C[C@H](F)C5=CC(=O)C=C[C@@]5(C)[C@@]4(F)[C@H](O)C[C@]3(C)[C@]2(C(=O)CO)O1. The molecule has 5 aliphatic rings. The summed E-state index contributed by atoms with van der Waals surface area (Å²) in [5.74, 6) is -3.53. The summed E-state index contributed by atoms with van der Waals surface area (Å²) in [4.78, 5) is 25.1. The molecule has 4 aliphatic carbocycles. The van der Waals surface area contributed by atoms with Crippen LogP contribution in [0.3, 0.4) is 0 Å². The maximum absolute atomic E-state index is 17.1. The average molecular weight is 452 g/mol. The Bertz CT molecular complexity index is 960. The van der Waals surface area contributed by atoms with Crippen LogP contribution >= 0.6 is 0 Å². The molecule has 8 heteroatoms. The number of aliphatic hydroxyl groups excluding tert-OH is 2. The van der Waals surface area contributed by atoms with Crippen LogP contribution in [0.2, 0.25) is 0 Å². The molecule has 176 valence electrons. The molecular weight excluding hydrogens is 422 g/mol. The van der Waals surface area contributed by atoms with Gasteiger partial charge in [-0.05, 0) is 63.7 Å². The van der Waals surface area contributed by atoms with Crippen molar-refractivity contribution >= 4 is 11.6 Å². The van der Waals surface area contributed by atoms with E-state index in [4.69, 9.17) is 9.47 Å². The molecule has 0 unspecified atom stereocenters. The molecule has 0 spiro atoms. The molecule has 2 N–H and O–H groups in total. The number of rotatable bonds is 2. The molecule has 1 aliphatic heterocycles. The van der Waals surface area contributed by atoms with Crippen molar-refractivity contribution < 1.29 is 38.1 Å². The highest BCUT2D eigenvalue weighted by atomic mass is 19.1. The van der Waals surface area contributed by atoms with Crippen molar-refractivity contribution in [3.63, 3.8) is 0 Å². The molecule has 5 rings (SSSR count). The van der Waals surface area contributed by atoms with E-state index >= 15 is 8.78 Å². The van der Waals surface area contributed by atoms with Crippen molar-refractivity contribution in [1.82, 2.24) is 0 Å². The van der Waals surface area contributed by atoms with Crippen LogP contribution in [0, 0.1) is 22.7 Å². The van der Waals surface area contributed by atoms with Gasteiger partial charge in [-0.1, -0.05) is 13.0 Å². The number of alkyl halides is 2. The second kappa shape index (κ2) is 6.34. The summed E-state index contributed by atoms with van der Waals surface area (Å²) in [5.41, 5.74) is -6.30. The number of aliphatic hydroxyl groups is 2. The van der Waals surface area contributed by atoms with Gasteiger partial charge >= 0.3 is 0 Å². The first-order valence-corrected chi connectivity index (χ1v) is 11.3. The zero-order valence-electron chi connectivity index (χ0n) is 18.7. The van der Waals surface area contributed by atoms with Crippen molar-refractivity contribution in [3.8, 4) is 0 Å². The molecule has 4 fully saturated rings. The smallest absolute Gasteiger partial charge is 0.193 e. The van der Waals surface area contributed by atoms with E-state index in [1.807, 2.05) is 0 Å². The lowest BCUT2D eigenvalue weighted by Crippen LogP contribution is -2.71. The molecular formula is C24H30F2O6. The third-order valence-electron chi connectivity index (χ3n) is 9.18. The van der Waals surface area contributed by atoms with Crippen LogP contribution in [0.25, 0.3) is 0 Å². The number of fused-ring (bicyclic) bond motifs is 7. The van der Waals surface area contributed by atoms with E-state index in [1.165, 1.54) is 19.1 Å². The largest absolute Gasteiger partial charge is 0.390 e. The third kappa shape index (κ3) is 2.32. The van der Waals surface area contributed by atoms with Gasteiger partial charge in [0.1, 0.15) is 12.8 Å². The minimum atomic E-state index is -2.24. The zero-order chi connectivity index (χ0) is 23.5. The minimum Gasteiger partial charge on any atom is -0.390 e. The number of ketones is 2. The number of Topliss-reactive ketones (excluding diaryl/α,β-unsaturated/α-hetero) is 1. The molecule has 0 bridgehead atoms. The second-order valence-corrected chi connectivity index (χ2v) is 11.0. The Morgan fingerprint density at radius 3 is 2.56 bits per heavy atom. The van der Waals surface area contributed by atoms with Crippen molar-refractivity contribution in [1.29, 1.82) is 0 Å². The standard InChI is InChI=1S/C24H30F2O6/c1-20(2)31-19-9-13-14-8-16(25)15-7-12(28)5-6-21(15,3)23(14,26)17(29)10-22(13,4)24(19,32-20)18(30)11-27/h5-7,13-14,16-17,19,27,29H,8-11H2,1-4H3/t13-,14-,16-,17+,19+,21+,22-,23-,24+/m0/s1. The first-order valence-electron chi connectivity index (χ1n) is 11.3. The van der Waals surface area contributed by atoms with Gasteiger partial charge in [0.05, 0.1) is 12.2 Å². The number of carbonyl (C=O) groups is 2. The molecule has 0 radical (unpaired) electrons. The molecule has 0 aromatic rings. The molecule has 3 saturated carbocycles. The Morgan fingerprint density at radius 2 is 1.91 bits per heavy atom. The topological polar surface area (TPSA) is 93.1 Å². The van der Waals surface area contributed by atoms with E-state index in [2.05, 4.69) is 0 Å². The summed E-state index contributed by atoms with van der Waals surface area (Å²) >= 11 is 0. The zero-order valence-corrected chi connectivity index (χ0v) is 18.7. The predicted molar refractivity (Wildman–Crippen MR) is 109 cm³/mol. The lowest BCUT2D eigenvalue weighted by molar-refractivity contribution is -0.248. The first kappa shape index (κ1) is 22.3. The van der Waals surface area contributed by atoms with Gasteiger partial charge < -0.3 is 19.7 Å². The van der Waals surface area contributed by atoms with Gasteiger partial charge in [0, 0.05) is 16.7 Å². The highest BCUT2D eigenvalue weighted by Crippen LogP contribution is 2.72. The highest BCUT2D eigenvalue weighted by Gasteiger charge is 2.80. The molecule has 0 aromatic carbocycles. The molecule has 0 aromatic heterocycles. The number of hydrogen-bond acceptors (Lipinski definition) is 6. The van der Waals surface area contributed by atoms with Gasteiger partial charge in [-0.2, -0.15) is 0 Å². The van der Waals surface area contributed by atoms with Crippen LogP contribution < -0.4 is 0 Å². The van der Waals surface area contributed by atoms with Gasteiger partial charge in [0.25, 0.3) is 0 Å². The number of ether oxygens (including phenoxy) is 2. The highest BCUT2D eigenvalue weighted by molar-refractivity contribution is 6.01. The van der Waals surface area contributed by atoms with E-state index < -0.39 is 76.3 Å². The second-order valence-electron chi connectivity index (χ2n) is 11.0. The maximum atomic E-state index is 17.1. The number of halogens is 2. The van der Waals surface area contributed by atoms with E-state index in [-0.39, 0.29) is 24.8 Å². The van der Waals surface area contributed by atoms with Gasteiger partial charge in [0.2, 0.25) is 0 Å². The van der Waals surface area contributed by atoms with Crippen molar-refractivity contribution in [2.45, 2.75) is 82.4 Å². The van der Waals surface area contributed by atoms with Crippen LogP contribution in [0.15, 0.2) is 23.8 Å². The lowest BCUT2D eigenvalue weighted by atomic mass is 9.44. The molecule has 1 heterocycles. The van der Waals surface area contributed by atoms with Crippen LogP contribution in [0.1, 0.15) is 47.0 Å². The maximum Gasteiger partial charge on any atom is 0.193 e. The fourth-order valence-electron chi connectivity index (χ4n) is 7.92. The molecule has 9 atom stereocenters. The van der Waals surface area contributed by atoms with Gasteiger partial charge in [-0.25, -0.2) is 8.78 Å². The van der Waals surface area contributed by atoms with E-state index in [9.17, 15) is 19.8 Å². The van der Waals surface area contributed by atoms with Crippen molar-refractivity contribution in [2.75, 3.05) is 6.61 Å². The molecule has 0 amide bonds. The predicted octanol–water partition coefficient (Wildman–Crippen LogP) is 2.37. The quantitative estimate of drug-likeness (QED) is 0.668. The number of carbonyl (C=O) groups excluding carboxylic acids is 2. The van der Waals surface area contributed by atoms with E-state index in [0.29, 0.717) is 0 Å². The Kier molecular flexibility index (Phi) is 4.42. The summed E-state index contributed by atoms with van der Waals surface area (Å²) < 4.78 is 44.8. The van der Waals surface area contributed by atoms with Gasteiger partial charge in [-0.3, -0.25) is 9.59 Å². The Balaban J connectivity index is 1.66. The Hall–Kier alpha value is -1.48. The van der Waals surface area contributed by atoms with E-state index in [1.54, 1.807) is 20.8 Å². The van der Waals surface area contributed by atoms with E-state index in [0.717, 1.165) is 6.08 Å². The minimum absolute atomic E-state index is 0.0550. The third-order valence-corrected chi connectivity index (χ3v) is 9.18. The normalized spacial score (nSPS) is 53.2. The summed E-state index contributed by atoms with van der Waals surface area (Å²) in [6.45, 7) is 5.87. The summed E-state index contributed by atoms with van der Waals surface area (Å²) in [6.07, 6.45) is -0.151. The number of hydrogen-bond donors (Lipinski definition) is 2. The van der Waals surface area contributed by atoms with Crippen LogP contribution in [0.5, 0.6) is 0 Å². The fraction of sp³-hybridized carbons (Fsp3) is 0.750. The number of allylic oxidation sites excluding steroid dienone is 4. The van der Waals surface area contributed by atoms with Crippen LogP contribution in [-0.4, -0.2) is 63.8 Å². The van der Waals surface area contributed by atoms with Crippen molar-refractivity contribution in [3.05, 3.63) is 23.8 Å². The van der Waals surface area contributed by atoms with Gasteiger partial charge in [-0.15, -0.1) is 0 Å². The van der Waals surface area contributed by atoms with Crippen molar-refractivity contribution in [2.24, 2.45) is 22.7 Å². The van der Waals surface area contributed by atoms with Crippen LogP contribution in [0.4, 0.5) is 8.78 Å². The first-order chi connectivity index (χ1) is 14.8. The van der Waals surface area contributed by atoms with Crippen LogP contribution in [-0.2, 0) is 19.1 Å². The summed E-state index contributed by atoms with van der Waals surface area (Å²) in [6, 6.07) is 0. The monoisotopic (exact) mass is 452 g/mol. The molecule has 32 heavy (non-hydrogen) atoms. The summed E-state index contributed by atoms with van der Waals surface area (Å²) in [7, 11) is 0. The summed E-state index contributed by atoms with van der Waals surface area (Å²) in [5, 5.41) is 21.1. The Morgan fingerprint density at radius 1 is 1.22 bits per heavy atom. The molecule has 6 nitrogen and oxygen atoms in total. The average Bonchev–Trinajstić information content (AvgIpc) is 3.11. The molecule has 1 saturated heterocycles. The fourth-order valence-corrected chi connectivity index (χ4v) is 7.92.